The lowest BCUT2D eigenvalue weighted by molar-refractivity contribution is 0.109. The van der Waals surface area contributed by atoms with E-state index in [2.05, 4.69) is 4.98 Å². The van der Waals surface area contributed by atoms with Crippen LogP contribution in [0.15, 0.2) is 4.42 Å². The molecule has 4 nitrogen and oxygen atoms in total. The van der Waals surface area contributed by atoms with Crippen LogP contribution in [0.25, 0.3) is 0 Å². The summed E-state index contributed by atoms with van der Waals surface area (Å²) in [6.07, 6.45) is 1.62. The Morgan fingerprint density at radius 1 is 1.62 bits per heavy atom. The van der Waals surface area contributed by atoms with Gasteiger partial charge in [0.05, 0.1) is 18.2 Å². The lowest BCUT2D eigenvalue weighted by Gasteiger charge is -1.98. The Morgan fingerprint density at radius 3 is 3.00 bits per heavy atom. The first kappa shape index (κ1) is 8.44. The Balaban J connectivity index is 2.24. The second-order valence-electron chi connectivity index (χ2n) is 3.18. The van der Waals surface area contributed by atoms with Gasteiger partial charge in [0.25, 0.3) is 0 Å². The van der Waals surface area contributed by atoms with Gasteiger partial charge in [0.15, 0.2) is 12.0 Å². The summed E-state index contributed by atoms with van der Waals surface area (Å²) in [4.78, 5) is 14.7. The van der Waals surface area contributed by atoms with E-state index in [1.54, 1.807) is 6.92 Å². The summed E-state index contributed by atoms with van der Waals surface area (Å²) in [5.74, 6) is 1.20. The van der Waals surface area contributed by atoms with E-state index >= 15 is 0 Å². The van der Waals surface area contributed by atoms with Gasteiger partial charge in [-0.2, -0.15) is 0 Å². The van der Waals surface area contributed by atoms with Crippen molar-refractivity contribution in [1.82, 2.24) is 4.98 Å². The zero-order valence-corrected chi connectivity index (χ0v) is 7.45. The molecule has 1 atom stereocenters. The highest BCUT2D eigenvalue weighted by Gasteiger charge is 2.23. The highest BCUT2D eigenvalue weighted by Crippen LogP contribution is 2.25. The molecule has 4 heteroatoms. The van der Waals surface area contributed by atoms with Crippen LogP contribution < -0.4 is 0 Å². The number of hydrogen-bond donors (Lipinski definition) is 0. The minimum Gasteiger partial charge on any atom is -0.437 e. The summed E-state index contributed by atoms with van der Waals surface area (Å²) in [5.41, 5.74) is 0.664. The third kappa shape index (κ3) is 1.49. The minimum atomic E-state index is 0.229. The van der Waals surface area contributed by atoms with Crippen LogP contribution in [-0.2, 0) is 4.74 Å². The van der Waals surface area contributed by atoms with Gasteiger partial charge in [-0.25, -0.2) is 4.98 Å². The summed E-state index contributed by atoms with van der Waals surface area (Å²) < 4.78 is 10.5. The molecule has 0 radical (unpaired) electrons. The van der Waals surface area contributed by atoms with Gasteiger partial charge in [0.1, 0.15) is 0 Å². The van der Waals surface area contributed by atoms with Crippen LogP contribution in [-0.4, -0.2) is 24.5 Å². The number of rotatable bonds is 2. The zero-order valence-electron chi connectivity index (χ0n) is 7.45. The summed E-state index contributed by atoms with van der Waals surface area (Å²) in [7, 11) is 0. The van der Waals surface area contributed by atoms with Crippen LogP contribution in [0.4, 0.5) is 0 Å². The quantitative estimate of drug-likeness (QED) is 0.645. The highest BCUT2D eigenvalue weighted by molar-refractivity contribution is 5.71. The van der Waals surface area contributed by atoms with Gasteiger partial charge in [0.2, 0.25) is 5.89 Å². The second kappa shape index (κ2) is 3.30. The van der Waals surface area contributed by atoms with Crippen LogP contribution >= 0.6 is 0 Å². The molecule has 0 amide bonds. The van der Waals surface area contributed by atoms with Crippen LogP contribution in [0.3, 0.4) is 0 Å². The normalized spacial score (nSPS) is 22.1. The number of oxazole rings is 1. The molecule has 1 aromatic heterocycles. The fraction of sp³-hybridized carbons (Fsp3) is 0.556. The molecule has 0 aromatic carbocycles. The van der Waals surface area contributed by atoms with E-state index in [4.69, 9.17) is 9.15 Å². The number of aryl methyl sites for hydroxylation is 1. The number of nitrogens with zero attached hydrogens (tertiary/aromatic N) is 1. The second-order valence-corrected chi connectivity index (χ2v) is 3.18. The monoisotopic (exact) mass is 181 g/mol. The molecule has 0 spiro atoms. The third-order valence-electron chi connectivity index (χ3n) is 2.23. The van der Waals surface area contributed by atoms with Crippen LogP contribution in [0, 0.1) is 6.92 Å². The molecule has 1 saturated heterocycles. The molecule has 0 N–H and O–H groups in total. The fourth-order valence-electron chi connectivity index (χ4n) is 1.44. The maximum Gasteiger partial charge on any atom is 0.200 e. The highest BCUT2D eigenvalue weighted by atomic mass is 16.5. The number of aromatic nitrogens is 1. The molecule has 1 aromatic rings. The van der Waals surface area contributed by atoms with Gasteiger partial charge >= 0.3 is 0 Å². The van der Waals surface area contributed by atoms with E-state index in [-0.39, 0.29) is 5.92 Å². The fourth-order valence-corrected chi connectivity index (χ4v) is 1.44. The first-order chi connectivity index (χ1) is 6.31. The van der Waals surface area contributed by atoms with E-state index < -0.39 is 0 Å². The van der Waals surface area contributed by atoms with Crippen molar-refractivity contribution in [3.05, 3.63) is 17.3 Å². The van der Waals surface area contributed by atoms with Crippen molar-refractivity contribution in [2.75, 3.05) is 13.2 Å². The maximum atomic E-state index is 10.5. The van der Waals surface area contributed by atoms with E-state index in [1.165, 1.54) is 0 Å². The number of ether oxygens (including phenoxy) is 1. The SMILES string of the molecule is Cc1nc(C2CCOC2)oc1C=O. The molecule has 1 fully saturated rings. The van der Waals surface area contributed by atoms with E-state index in [1.807, 2.05) is 0 Å². The number of aldehydes is 1. The van der Waals surface area contributed by atoms with Crippen molar-refractivity contribution in [3.63, 3.8) is 0 Å². The molecule has 1 unspecified atom stereocenters. The van der Waals surface area contributed by atoms with Gasteiger partial charge in [0, 0.05) is 6.61 Å². The van der Waals surface area contributed by atoms with Crippen molar-refractivity contribution < 1.29 is 13.9 Å². The zero-order chi connectivity index (χ0) is 9.26. The predicted octanol–water partition coefficient (Wildman–Crippen LogP) is 1.30. The summed E-state index contributed by atoms with van der Waals surface area (Å²) in [6.45, 7) is 3.17. The molecule has 1 aliphatic rings. The van der Waals surface area contributed by atoms with E-state index in [0.717, 1.165) is 13.0 Å². The van der Waals surface area contributed by atoms with Crippen LogP contribution in [0.1, 0.15) is 34.5 Å². The lowest BCUT2D eigenvalue weighted by atomic mass is 10.1. The number of hydrogen-bond acceptors (Lipinski definition) is 4. The van der Waals surface area contributed by atoms with Crippen molar-refractivity contribution in [3.8, 4) is 0 Å². The predicted molar refractivity (Wildman–Crippen MR) is 44.8 cm³/mol. The molecular formula is C9H11NO3. The van der Waals surface area contributed by atoms with Crippen LogP contribution in [0.5, 0.6) is 0 Å². The molecule has 0 bridgehead atoms. The summed E-state index contributed by atoms with van der Waals surface area (Å²) in [5, 5.41) is 0. The average Bonchev–Trinajstić information content (AvgIpc) is 2.71. The Morgan fingerprint density at radius 2 is 2.46 bits per heavy atom. The Bertz CT molecular complexity index is 313. The molecule has 2 heterocycles. The van der Waals surface area contributed by atoms with Crippen molar-refractivity contribution in [1.29, 1.82) is 0 Å². The molecule has 70 valence electrons. The topological polar surface area (TPSA) is 52.3 Å². The van der Waals surface area contributed by atoms with Gasteiger partial charge < -0.3 is 9.15 Å². The Hall–Kier alpha value is -1.16. The van der Waals surface area contributed by atoms with Gasteiger partial charge in [-0.1, -0.05) is 0 Å². The standard InChI is InChI=1S/C9H11NO3/c1-6-8(4-11)13-9(10-6)7-2-3-12-5-7/h4,7H,2-3,5H2,1H3. The molecule has 0 saturated carbocycles. The lowest BCUT2D eigenvalue weighted by Crippen LogP contribution is -1.97. The van der Waals surface area contributed by atoms with Crippen molar-refractivity contribution in [2.45, 2.75) is 19.3 Å². The largest absolute Gasteiger partial charge is 0.437 e. The van der Waals surface area contributed by atoms with Gasteiger partial charge in [-0.15, -0.1) is 0 Å². The number of carbonyl (C=O) groups excluding carboxylic acids is 1. The first-order valence-corrected chi connectivity index (χ1v) is 4.31. The average molecular weight is 181 g/mol. The Labute approximate surface area is 75.9 Å². The summed E-state index contributed by atoms with van der Waals surface area (Å²) >= 11 is 0. The smallest absolute Gasteiger partial charge is 0.200 e. The van der Waals surface area contributed by atoms with Gasteiger partial charge in [-0.05, 0) is 13.3 Å². The maximum absolute atomic E-state index is 10.5. The molecule has 1 aliphatic heterocycles. The van der Waals surface area contributed by atoms with Crippen LogP contribution in [0.2, 0.25) is 0 Å². The molecule has 0 aliphatic carbocycles. The van der Waals surface area contributed by atoms with Crippen molar-refractivity contribution >= 4 is 6.29 Å². The minimum absolute atomic E-state index is 0.229. The van der Waals surface area contributed by atoms with Crippen molar-refractivity contribution in [2.24, 2.45) is 0 Å². The molecular weight excluding hydrogens is 170 g/mol. The Kier molecular flexibility index (Phi) is 2.14. The molecule has 2 rings (SSSR count). The molecule has 13 heavy (non-hydrogen) atoms. The van der Waals surface area contributed by atoms with E-state index in [0.29, 0.717) is 30.2 Å². The first-order valence-electron chi connectivity index (χ1n) is 4.31. The summed E-state index contributed by atoms with van der Waals surface area (Å²) in [6, 6.07) is 0. The number of carbonyl (C=O) groups is 1. The van der Waals surface area contributed by atoms with Gasteiger partial charge in [-0.3, -0.25) is 4.79 Å². The van der Waals surface area contributed by atoms with E-state index in [9.17, 15) is 4.79 Å². The third-order valence-corrected chi connectivity index (χ3v) is 2.23.